The minimum atomic E-state index is -0.502. The summed E-state index contributed by atoms with van der Waals surface area (Å²) < 4.78 is 19.3. The van der Waals surface area contributed by atoms with Crippen LogP contribution in [-0.4, -0.2) is 32.3 Å². The molecule has 2 aromatic rings. The van der Waals surface area contributed by atoms with Crippen molar-refractivity contribution in [1.82, 2.24) is 10.2 Å². The molecule has 0 aromatic heterocycles. The predicted octanol–water partition coefficient (Wildman–Crippen LogP) is 3.46. The number of ether oxygens (including phenoxy) is 1. The minimum Gasteiger partial charge on any atom is -0.496 e. The van der Waals surface area contributed by atoms with E-state index in [1.807, 2.05) is 25.4 Å². The van der Waals surface area contributed by atoms with Crippen molar-refractivity contribution < 1.29 is 9.13 Å². The Bertz CT molecular complexity index is 949. The monoisotopic (exact) mass is 366 g/mol. The Kier molecular flexibility index (Phi) is 5.16. The fourth-order valence-corrected chi connectivity index (χ4v) is 3.28. The first-order chi connectivity index (χ1) is 13.0. The molecule has 0 fully saturated rings. The zero-order chi connectivity index (χ0) is 19.6. The Labute approximate surface area is 158 Å². The number of methoxy groups -OCH3 is 1. The maximum absolute atomic E-state index is 13.9. The highest BCUT2D eigenvalue weighted by Gasteiger charge is 2.21. The molecule has 0 atom stereocenters. The number of nitrogen functional groups attached to an aromatic ring is 1. The van der Waals surface area contributed by atoms with Gasteiger partial charge in [0.05, 0.1) is 12.8 Å². The van der Waals surface area contributed by atoms with Gasteiger partial charge >= 0.3 is 0 Å². The van der Waals surface area contributed by atoms with Crippen LogP contribution in [0.3, 0.4) is 0 Å². The fourth-order valence-electron chi connectivity index (χ4n) is 3.28. The van der Waals surface area contributed by atoms with Crippen molar-refractivity contribution in [3.8, 4) is 5.75 Å². The van der Waals surface area contributed by atoms with Gasteiger partial charge in [-0.05, 0) is 28.8 Å². The van der Waals surface area contributed by atoms with Gasteiger partial charge < -0.3 is 26.1 Å². The summed E-state index contributed by atoms with van der Waals surface area (Å²) in [5, 5.41) is 10.6. The average Bonchev–Trinajstić information content (AvgIpc) is 2.67. The molecule has 1 aliphatic rings. The Morgan fingerprint density at radius 3 is 2.74 bits per heavy atom. The van der Waals surface area contributed by atoms with E-state index in [1.165, 1.54) is 19.4 Å². The van der Waals surface area contributed by atoms with Crippen molar-refractivity contribution >= 4 is 23.0 Å². The maximum Gasteiger partial charge on any atom is 0.149 e. The van der Waals surface area contributed by atoms with E-state index in [0.717, 1.165) is 39.9 Å². The largest absolute Gasteiger partial charge is 0.496 e. The number of rotatable bonds is 5. The molecule has 6 heteroatoms. The van der Waals surface area contributed by atoms with Gasteiger partial charge in [-0.15, -0.1) is 0 Å². The van der Waals surface area contributed by atoms with Crippen LogP contribution in [0.25, 0.3) is 11.1 Å². The Morgan fingerprint density at radius 1 is 1.30 bits per heavy atom. The molecule has 0 saturated carbocycles. The van der Waals surface area contributed by atoms with E-state index in [-0.39, 0.29) is 5.69 Å². The van der Waals surface area contributed by atoms with E-state index in [4.69, 9.17) is 15.9 Å². The molecule has 0 unspecified atom stereocenters. The fraction of sp³-hybridized carbons (Fsp3) is 0.190. The van der Waals surface area contributed by atoms with E-state index < -0.39 is 5.82 Å². The Balaban J connectivity index is 2.21. The summed E-state index contributed by atoms with van der Waals surface area (Å²) in [5.74, 6) is -0.0740. The summed E-state index contributed by atoms with van der Waals surface area (Å²) in [7, 11) is 5.30. The van der Waals surface area contributed by atoms with Gasteiger partial charge in [0.1, 0.15) is 11.6 Å². The summed E-state index contributed by atoms with van der Waals surface area (Å²) in [4.78, 5) is 2.07. The third kappa shape index (κ3) is 3.51. The van der Waals surface area contributed by atoms with E-state index in [1.54, 1.807) is 19.3 Å². The number of halogens is 1. The Hall–Kier alpha value is -3.28. The topological polar surface area (TPSA) is 74.4 Å². The molecule has 5 nitrogen and oxygen atoms in total. The molecule has 0 spiro atoms. The van der Waals surface area contributed by atoms with E-state index in [9.17, 15) is 4.39 Å². The second-order valence-corrected chi connectivity index (χ2v) is 6.44. The third-order valence-electron chi connectivity index (χ3n) is 4.57. The molecule has 0 aliphatic carbocycles. The quantitative estimate of drug-likeness (QED) is 0.560. The van der Waals surface area contributed by atoms with Crippen LogP contribution in [-0.2, 0) is 6.54 Å². The number of benzene rings is 2. The summed E-state index contributed by atoms with van der Waals surface area (Å²) in [6, 6.07) is 9.02. The lowest BCUT2D eigenvalue weighted by molar-refractivity contribution is 0.409. The molecule has 3 rings (SSSR count). The summed E-state index contributed by atoms with van der Waals surface area (Å²) >= 11 is 0. The van der Waals surface area contributed by atoms with Crippen LogP contribution in [0, 0.1) is 11.2 Å². The van der Waals surface area contributed by atoms with Gasteiger partial charge in [-0.1, -0.05) is 12.1 Å². The van der Waals surface area contributed by atoms with Crippen molar-refractivity contribution in [2.24, 2.45) is 0 Å². The number of allylic oxidation sites excluding steroid dienone is 1. The van der Waals surface area contributed by atoms with Crippen molar-refractivity contribution in [2.45, 2.75) is 6.54 Å². The first-order valence-electron chi connectivity index (χ1n) is 8.55. The zero-order valence-corrected chi connectivity index (χ0v) is 15.6. The van der Waals surface area contributed by atoms with Gasteiger partial charge in [0.25, 0.3) is 0 Å². The highest BCUT2D eigenvalue weighted by molar-refractivity contribution is 6.08. The highest BCUT2D eigenvalue weighted by Crippen LogP contribution is 2.38. The molecule has 0 amide bonds. The SMILES string of the molecule is CN/C=C(\C=N)c1ccc2c(c1)C(c1cc(N)c(F)cc1OC)=CN(C)C2. The van der Waals surface area contributed by atoms with Crippen molar-refractivity contribution in [3.05, 3.63) is 70.8 Å². The van der Waals surface area contributed by atoms with E-state index in [0.29, 0.717) is 5.75 Å². The molecule has 1 heterocycles. The van der Waals surface area contributed by atoms with Crippen LogP contribution in [0.4, 0.5) is 10.1 Å². The lowest BCUT2D eigenvalue weighted by Gasteiger charge is -2.27. The normalized spacial score (nSPS) is 13.7. The van der Waals surface area contributed by atoms with E-state index >= 15 is 0 Å². The number of fused-ring (bicyclic) bond motifs is 1. The first-order valence-corrected chi connectivity index (χ1v) is 8.55. The summed E-state index contributed by atoms with van der Waals surface area (Å²) in [5.41, 5.74) is 11.4. The lowest BCUT2D eigenvalue weighted by atomic mass is 9.88. The molecule has 0 saturated heterocycles. The molecule has 0 bridgehead atoms. The number of hydrogen-bond donors (Lipinski definition) is 3. The number of nitrogens with two attached hydrogens (primary N) is 1. The Morgan fingerprint density at radius 2 is 2.07 bits per heavy atom. The molecule has 1 aliphatic heterocycles. The zero-order valence-electron chi connectivity index (χ0n) is 15.6. The van der Waals surface area contributed by atoms with Gasteiger partial charge in [-0.2, -0.15) is 0 Å². The maximum atomic E-state index is 13.9. The standard InChI is InChI=1S/C21H23FN4O/c1-25-10-15(9-23)13-4-5-14-11-26(2)12-18(16(14)6-13)17-7-20(24)19(22)8-21(17)27-3/h4-10,12,23,25H,11,24H2,1-3H3/b15-10+,23-9?. The number of nitrogens with one attached hydrogen (secondary N) is 2. The van der Waals surface area contributed by atoms with Crippen LogP contribution in [0.2, 0.25) is 0 Å². The highest BCUT2D eigenvalue weighted by atomic mass is 19.1. The van der Waals surface area contributed by atoms with Gasteiger partial charge in [0, 0.05) is 62.0 Å². The molecule has 140 valence electrons. The molecule has 2 aromatic carbocycles. The minimum absolute atomic E-state index is 0.0768. The summed E-state index contributed by atoms with van der Waals surface area (Å²) in [6.45, 7) is 0.758. The molecule has 0 radical (unpaired) electrons. The lowest BCUT2D eigenvalue weighted by Crippen LogP contribution is -2.18. The second kappa shape index (κ2) is 7.53. The van der Waals surface area contributed by atoms with E-state index in [2.05, 4.69) is 16.3 Å². The van der Waals surface area contributed by atoms with Crippen LogP contribution < -0.4 is 15.8 Å². The van der Waals surface area contributed by atoms with Gasteiger partial charge in [0.15, 0.2) is 0 Å². The third-order valence-corrected chi connectivity index (χ3v) is 4.57. The van der Waals surface area contributed by atoms with Crippen LogP contribution in [0.1, 0.15) is 22.3 Å². The van der Waals surface area contributed by atoms with Crippen LogP contribution >= 0.6 is 0 Å². The summed E-state index contributed by atoms with van der Waals surface area (Å²) in [6.07, 6.45) is 5.10. The van der Waals surface area contributed by atoms with Crippen molar-refractivity contribution in [2.75, 3.05) is 26.9 Å². The van der Waals surface area contributed by atoms with Crippen LogP contribution in [0.15, 0.2) is 42.7 Å². The molecular formula is C21H23FN4O. The van der Waals surface area contributed by atoms with Crippen LogP contribution in [0.5, 0.6) is 5.75 Å². The number of anilines is 1. The number of hydrogen-bond acceptors (Lipinski definition) is 5. The number of nitrogens with zero attached hydrogens (tertiary/aromatic N) is 1. The van der Waals surface area contributed by atoms with Crippen molar-refractivity contribution in [1.29, 1.82) is 5.41 Å². The molecule has 4 N–H and O–H groups in total. The van der Waals surface area contributed by atoms with Gasteiger partial charge in [0.2, 0.25) is 0 Å². The second-order valence-electron chi connectivity index (χ2n) is 6.44. The van der Waals surface area contributed by atoms with Gasteiger partial charge in [-0.25, -0.2) is 4.39 Å². The van der Waals surface area contributed by atoms with Crippen molar-refractivity contribution in [3.63, 3.8) is 0 Å². The average molecular weight is 366 g/mol. The molecule has 27 heavy (non-hydrogen) atoms. The predicted molar refractivity (Wildman–Crippen MR) is 108 cm³/mol. The first kappa shape index (κ1) is 18.5. The molecular weight excluding hydrogens is 343 g/mol. The smallest absolute Gasteiger partial charge is 0.149 e. The van der Waals surface area contributed by atoms with Gasteiger partial charge in [-0.3, -0.25) is 0 Å².